The Morgan fingerprint density at radius 3 is 2.46 bits per heavy atom. The number of nitrogens with zero attached hydrogens (tertiary/aromatic N) is 2. The fourth-order valence-electron chi connectivity index (χ4n) is 4.20. The summed E-state index contributed by atoms with van der Waals surface area (Å²) in [5.41, 5.74) is 5.64. The largest absolute Gasteiger partial charge is 0.361 e. The Morgan fingerprint density at radius 1 is 1.04 bits per heavy atom. The molecule has 4 nitrogen and oxygen atoms in total. The number of nitrogens with one attached hydrogen (secondary N) is 1. The van der Waals surface area contributed by atoms with Gasteiger partial charge in [0.15, 0.2) is 0 Å². The van der Waals surface area contributed by atoms with Gasteiger partial charge in [-0.05, 0) is 57.7 Å². The molecule has 0 spiro atoms. The van der Waals surface area contributed by atoms with Crippen LogP contribution in [0.3, 0.4) is 0 Å². The molecule has 4 heteroatoms. The van der Waals surface area contributed by atoms with Crippen LogP contribution in [0.5, 0.6) is 0 Å². The van der Waals surface area contributed by atoms with E-state index in [1.807, 2.05) is 24.3 Å². The highest BCUT2D eigenvalue weighted by Gasteiger charge is 2.43. The summed E-state index contributed by atoms with van der Waals surface area (Å²) >= 11 is 0. The van der Waals surface area contributed by atoms with Crippen molar-refractivity contribution in [3.63, 3.8) is 0 Å². The Balaban J connectivity index is 1.62. The number of aryl methyl sites for hydroxylation is 1. The second kappa shape index (κ2) is 4.88. The van der Waals surface area contributed by atoms with E-state index in [0.29, 0.717) is 12.1 Å². The highest BCUT2D eigenvalue weighted by atomic mass is 16.2. The van der Waals surface area contributed by atoms with Crippen molar-refractivity contribution in [3.8, 4) is 0 Å². The molecule has 2 fully saturated rings. The number of benzene rings is 1. The van der Waals surface area contributed by atoms with Crippen molar-refractivity contribution in [1.82, 2.24) is 9.47 Å². The number of aromatic nitrogens is 1. The van der Waals surface area contributed by atoms with E-state index in [-0.39, 0.29) is 12.1 Å². The van der Waals surface area contributed by atoms with E-state index in [4.69, 9.17) is 0 Å². The summed E-state index contributed by atoms with van der Waals surface area (Å²) in [7, 11) is 0. The van der Waals surface area contributed by atoms with Crippen molar-refractivity contribution in [3.05, 3.63) is 52.8 Å². The molecule has 2 aromatic rings. The number of amides is 1. The van der Waals surface area contributed by atoms with E-state index in [0.717, 1.165) is 24.1 Å². The zero-order valence-corrected chi connectivity index (χ0v) is 14.2. The van der Waals surface area contributed by atoms with Crippen LogP contribution in [-0.2, 0) is 0 Å². The van der Waals surface area contributed by atoms with Crippen LogP contribution < -0.4 is 5.32 Å². The van der Waals surface area contributed by atoms with E-state index in [1.165, 1.54) is 29.8 Å². The number of hydrogen-bond donors (Lipinski definition) is 1. The minimum atomic E-state index is -0.0430. The van der Waals surface area contributed by atoms with Crippen molar-refractivity contribution in [2.24, 2.45) is 0 Å². The SMILES string of the molecule is Cc1cc([C@H]2Nc3ccccc3C(=O)N2C2CC2)c(C)n1C1CC1. The van der Waals surface area contributed by atoms with Crippen molar-refractivity contribution in [2.75, 3.05) is 5.32 Å². The molecule has 1 aliphatic heterocycles. The highest BCUT2D eigenvalue weighted by Crippen LogP contribution is 2.44. The first-order valence-electron chi connectivity index (χ1n) is 9.01. The van der Waals surface area contributed by atoms with Gasteiger partial charge in [-0.3, -0.25) is 4.79 Å². The topological polar surface area (TPSA) is 37.3 Å². The predicted octanol–water partition coefficient (Wildman–Crippen LogP) is 4.17. The lowest BCUT2D eigenvalue weighted by Crippen LogP contribution is -2.44. The monoisotopic (exact) mass is 321 g/mol. The van der Waals surface area contributed by atoms with Crippen LogP contribution in [0.1, 0.15) is 65.2 Å². The van der Waals surface area contributed by atoms with Gasteiger partial charge in [0.25, 0.3) is 5.91 Å². The highest BCUT2D eigenvalue weighted by molar-refractivity contribution is 6.02. The van der Waals surface area contributed by atoms with Gasteiger partial charge in [-0.15, -0.1) is 0 Å². The van der Waals surface area contributed by atoms with E-state index < -0.39 is 0 Å². The Hall–Kier alpha value is -2.23. The molecule has 24 heavy (non-hydrogen) atoms. The smallest absolute Gasteiger partial charge is 0.258 e. The number of fused-ring (bicyclic) bond motifs is 1. The number of carbonyl (C=O) groups is 1. The first-order chi connectivity index (χ1) is 11.6. The van der Waals surface area contributed by atoms with E-state index in [9.17, 15) is 4.79 Å². The zero-order valence-electron chi connectivity index (χ0n) is 14.2. The maximum absolute atomic E-state index is 13.1. The molecule has 2 heterocycles. The summed E-state index contributed by atoms with van der Waals surface area (Å²) in [6.07, 6.45) is 4.75. The standard InChI is InChI=1S/C20H23N3O/c1-12-11-17(13(2)22(12)14-7-8-14)19-21-18-6-4-3-5-16(18)20(24)23(19)15-9-10-15/h3-6,11,14-15,19,21H,7-10H2,1-2H3/t19-/m0/s1. The van der Waals surface area contributed by atoms with Gasteiger partial charge in [-0.1, -0.05) is 12.1 Å². The normalized spacial score (nSPS) is 23.2. The van der Waals surface area contributed by atoms with Crippen LogP contribution >= 0.6 is 0 Å². The maximum Gasteiger partial charge on any atom is 0.258 e. The second-order valence-corrected chi connectivity index (χ2v) is 7.46. The molecular formula is C20H23N3O. The maximum atomic E-state index is 13.1. The van der Waals surface area contributed by atoms with Gasteiger partial charge in [0.1, 0.15) is 6.17 Å². The van der Waals surface area contributed by atoms with Crippen LogP contribution in [0.25, 0.3) is 0 Å². The summed E-state index contributed by atoms with van der Waals surface area (Å²) in [5, 5.41) is 3.65. The Kier molecular flexibility index (Phi) is 2.88. The van der Waals surface area contributed by atoms with Crippen molar-refractivity contribution < 1.29 is 4.79 Å². The van der Waals surface area contributed by atoms with E-state index >= 15 is 0 Å². The molecule has 0 bridgehead atoms. The van der Waals surface area contributed by atoms with Crippen LogP contribution in [0, 0.1) is 13.8 Å². The van der Waals surface area contributed by atoms with Crippen LogP contribution in [0.4, 0.5) is 5.69 Å². The average Bonchev–Trinajstić information content (AvgIpc) is 3.47. The first-order valence-corrected chi connectivity index (χ1v) is 9.01. The molecule has 0 radical (unpaired) electrons. The molecular weight excluding hydrogens is 298 g/mol. The van der Waals surface area contributed by atoms with Gasteiger partial charge in [0, 0.05) is 34.7 Å². The summed E-state index contributed by atoms with van der Waals surface area (Å²) in [5.74, 6) is 0.174. The molecule has 3 aliphatic rings. The molecule has 1 atom stereocenters. The van der Waals surface area contributed by atoms with Crippen LogP contribution in [0.2, 0.25) is 0 Å². The fourth-order valence-corrected chi connectivity index (χ4v) is 4.20. The van der Waals surface area contributed by atoms with Gasteiger partial charge < -0.3 is 14.8 Å². The van der Waals surface area contributed by atoms with Crippen LogP contribution in [-0.4, -0.2) is 21.4 Å². The van der Waals surface area contributed by atoms with E-state index in [1.54, 1.807) is 0 Å². The summed E-state index contributed by atoms with van der Waals surface area (Å²) in [4.78, 5) is 15.2. The number of anilines is 1. The number of para-hydroxylation sites is 1. The number of rotatable bonds is 3. The number of carbonyl (C=O) groups excluding carboxylic acids is 1. The Morgan fingerprint density at radius 2 is 1.75 bits per heavy atom. The quantitative estimate of drug-likeness (QED) is 0.921. The molecule has 0 unspecified atom stereocenters. The van der Waals surface area contributed by atoms with Crippen molar-refractivity contribution in [1.29, 1.82) is 0 Å². The third kappa shape index (κ3) is 2.02. The van der Waals surface area contributed by atoms with Gasteiger partial charge >= 0.3 is 0 Å². The predicted molar refractivity (Wildman–Crippen MR) is 94.2 cm³/mol. The molecule has 124 valence electrons. The van der Waals surface area contributed by atoms with Gasteiger partial charge in [0.2, 0.25) is 0 Å². The number of hydrogen-bond acceptors (Lipinski definition) is 2. The fraction of sp³-hybridized carbons (Fsp3) is 0.450. The van der Waals surface area contributed by atoms with Gasteiger partial charge in [0.05, 0.1) is 5.56 Å². The third-order valence-electron chi connectivity index (χ3n) is 5.63. The lowest BCUT2D eigenvalue weighted by Gasteiger charge is -2.38. The average molecular weight is 321 g/mol. The van der Waals surface area contributed by atoms with Gasteiger partial charge in [-0.2, -0.15) is 0 Å². The van der Waals surface area contributed by atoms with Crippen LogP contribution in [0.15, 0.2) is 30.3 Å². The summed E-state index contributed by atoms with van der Waals surface area (Å²) in [6, 6.07) is 11.2. The Labute approximate surface area is 142 Å². The van der Waals surface area contributed by atoms with E-state index in [2.05, 4.69) is 34.7 Å². The summed E-state index contributed by atoms with van der Waals surface area (Å²) in [6.45, 7) is 4.40. The third-order valence-corrected chi connectivity index (χ3v) is 5.63. The minimum Gasteiger partial charge on any atom is -0.361 e. The molecule has 2 aliphatic carbocycles. The van der Waals surface area contributed by atoms with Crippen molar-refractivity contribution >= 4 is 11.6 Å². The second-order valence-electron chi connectivity index (χ2n) is 7.46. The first kappa shape index (κ1) is 14.1. The molecule has 1 amide bonds. The lowest BCUT2D eigenvalue weighted by molar-refractivity contribution is 0.0666. The molecule has 5 rings (SSSR count). The molecule has 0 saturated heterocycles. The zero-order chi connectivity index (χ0) is 16.4. The molecule has 1 aromatic carbocycles. The molecule has 1 N–H and O–H groups in total. The molecule has 1 aromatic heterocycles. The lowest BCUT2D eigenvalue weighted by atomic mass is 10.0. The van der Waals surface area contributed by atoms with Gasteiger partial charge in [-0.25, -0.2) is 0 Å². The minimum absolute atomic E-state index is 0.0430. The Bertz CT molecular complexity index is 829. The summed E-state index contributed by atoms with van der Waals surface area (Å²) < 4.78 is 2.47. The van der Waals surface area contributed by atoms with Crippen molar-refractivity contribution in [2.45, 2.75) is 57.8 Å². The molecule has 2 saturated carbocycles.